The van der Waals surface area contributed by atoms with Crippen LogP contribution < -0.4 is 9.30 Å². The molecule has 5 rings (SSSR count). The number of fused-ring (bicyclic) bond motifs is 3. The van der Waals surface area contributed by atoms with Gasteiger partial charge in [0.05, 0.1) is 5.52 Å². The van der Waals surface area contributed by atoms with E-state index in [1.165, 1.54) is 51.5 Å². The predicted molar refractivity (Wildman–Crippen MR) is 136 cm³/mol. The van der Waals surface area contributed by atoms with Gasteiger partial charge in [0.2, 0.25) is 5.69 Å². The summed E-state index contributed by atoms with van der Waals surface area (Å²) in [7, 11) is 0. The minimum atomic E-state index is 0.571. The molecule has 0 atom stereocenters. The first-order valence-electron chi connectivity index (χ1n) is 11.9. The van der Waals surface area contributed by atoms with Crippen molar-refractivity contribution in [2.45, 2.75) is 46.4 Å². The molecule has 0 bridgehead atoms. The summed E-state index contributed by atoms with van der Waals surface area (Å²) in [5, 5.41) is 2.58. The number of benzene rings is 3. The van der Waals surface area contributed by atoms with Crippen molar-refractivity contribution in [3.63, 3.8) is 0 Å². The van der Waals surface area contributed by atoms with Crippen LogP contribution in [0.5, 0.6) is 5.75 Å². The van der Waals surface area contributed by atoms with Gasteiger partial charge in [-0.15, -0.1) is 0 Å². The summed E-state index contributed by atoms with van der Waals surface area (Å²) in [6.45, 7) is 6.96. The average molecular weight is 436 g/mol. The molecule has 3 heteroatoms. The Kier molecular flexibility index (Phi) is 6.12. The normalized spacial score (nSPS) is 11.3. The molecule has 0 saturated heterocycles. The number of ether oxygens (including phenoxy) is 1. The van der Waals surface area contributed by atoms with Gasteiger partial charge in [-0.3, -0.25) is 0 Å². The zero-order valence-electron chi connectivity index (χ0n) is 19.5. The highest BCUT2D eigenvalue weighted by molar-refractivity contribution is 6.08. The Morgan fingerprint density at radius 3 is 2.27 bits per heavy atom. The third-order valence-corrected chi connectivity index (χ3v) is 6.45. The third-order valence-electron chi connectivity index (χ3n) is 6.45. The molecule has 0 aliphatic rings. The fourth-order valence-electron chi connectivity index (χ4n) is 4.66. The summed E-state index contributed by atoms with van der Waals surface area (Å²) in [4.78, 5) is 0. The van der Waals surface area contributed by atoms with Crippen LogP contribution in [0.2, 0.25) is 0 Å². The van der Waals surface area contributed by atoms with Crippen LogP contribution in [0.1, 0.15) is 36.6 Å². The second kappa shape index (κ2) is 9.50. The molecule has 0 aliphatic heterocycles. The van der Waals surface area contributed by atoms with E-state index in [0.29, 0.717) is 6.61 Å². The Morgan fingerprint density at radius 1 is 0.818 bits per heavy atom. The summed E-state index contributed by atoms with van der Waals surface area (Å²) < 4.78 is 11.1. The first kappa shape index (κ1) is 21.3. The summed E-state index contributed by atoms with van der Waals surface area (Å²) in [6, 6.07) is 29.9. The van der Waals surface area contributed by atoms with Gasteiger partial charge in [0.15, 0.2) is 6.20 Å². The van der Waals surface area contributed by atoms with Crippen LogP contribution in [0.3, 0.4) is 0 Å². The minimum Gasteiger partial charge on any atom is -0.489 e. The van der Waals surface area contributed by atoms with Gasteiger partial charge in [-0.25, -0.2) is 4.57 Å². The van der Waals surface area contributed by atoms with Gasteiger partial charge in [0, 0.05) is 42.8 Å². The third kappa shape index (κ3) is 4.36. The Bertz CT molecular complexity index is 1370. The van der Waals surface area contributed by atoms with Crippen molar-refractivity contribution in [2.75, 3.05) is 0 Å². The molecule has 0 spiro atoms. The second-order valence-electron chi connectivity index (χ2n) is 8.74. The lowest BCUT2D eigenvalue weighted by molar-refractivity contribution is -0.701. The number of hydrogen-bond acceptors (Lipinski definition) is 1. The zero-order valence-corrected chi connectivity index (χ0v) is 19.5. The number of nitrogens with zero attached hydrogens (tertiary/aromatic N) is 2. The molecule has 2 heterocycles. The van der Waals surface area contributed by atoms with Crippen LogP contribution >= 0.6 is 0 Å². The molecule has 33 heavy (non-hydrogen) atoms. The molecule has 0 fully saturated rings. The van der Waals surface area contributed by atoms with E-state index >= 15 is 0 Å². The van der Waals surface area contributed by atoms with Gasteiger partial charge < -0.3 is 9.30 Å². The van der Waals surface area contributed by atoms with Gasteiger partial charge in [-0.2, -0.15) is 0 Å². The van der Waals surface area contributed by atoms with E-state index in [9.17, 15) is 0 Å². The maximum Gasteiger partial charge on any atom is 0.202 e. The zero-order chi connectivity index (χ0) is 22.6. The van der Waals surface area contributed by atoms with Gasteiger partial charge >= 0.3 is 0 Å². The van der Waals surface area contributed by atoms with E-state index in [1.807, 2.05) is 6.07 Å². The predicted octanol–water partition coefficient (Wildman–Crippen LogP) is 6.82. The van der Waals surface area contributed by atoms with E-state index in [2.05, 4.69) is 108 Å². The maximum absolute atomic E-state index is 6.19. The van der Waals surface area contributed by atoms with Gasteiger partial charge in [-0.1, -0.05) is 74.0 Å². The van der Waals surface area contributed by atoms with Crippen molar-refractivity contribution in [1.82, 2.24) is 4.57 Å². The summed E-state index contributed by atoms with van der Waals surface area (Å²) in [5.74, 6) is 0.903. The van der Waals surface area contributed by atoms with E-state index < -0.39 is 0 Å². The van der Waals surface area contributed by atoms with Gasteiger partial charge in [0.1, 0.15) is 24.4 Å². The molecule has 0 amide bonds. The monoisotopic (exact) mass is 435 g/mol. The Hall–Kier alpha value is -3.59. The molecule has 166 valence electrons. The van der Waals surface area contributed by atoms with Crippen molar-refractivity contribution >= 4 is 21.8 Å². The topological polar surface area (TPSA) is 18.0 Å². The lowest BCUT2D eigenvalue weighted by atomic mass is 10.1. The number of pyridine rings is 1. The molecule has 3 aromatic carbocycles. The van der Waals surface area contributed by atoms with Crippen molar-refractivity contribution in [2.24, 2.45) is 0 Å². The Labute approximate surface area is 195 Å². The van der Waals surface area contributed by atoms with Crippen LogP contribution in [-0.2, 0) is 19.7 Å². The fraction of sp³-hybridized carbons (Fsp3) is 0.233. The molecular weight excluding hydrogens is 404 g/mol. The number of aryl methyl sites for hydroxylation is 2. The quantitative estimate of drug-likeness (QED) is 0.245. The summed E-state index contributed by atoms with van der Waals surface area (Å²) in [5.41, 5.74) is 6.33. The first-order chi connectivity index (χ1) is 16.2. The maximum atomic E-state index is 6.19. The van der Waals surface area contributed by atoms with Gasteiger partial charge in [-0.05, 0) is 23.3 Å². The highest BCUT2D eigenvalue weighted by Gasteiger charge is 2.20. The van der Waals surface area contributed by atoms with Crippen LogP contribution in [0.25, 0.3) is 21.8 Å². The highest BCUT2D eigenvalue weighted by Crippen LogP contribution is 2.33. The van der Waals surface area contributed by atoms with Crippen LogP contribution in [-0.4, -0.2) is 4.57 Å². The van der Waals surface area contributed by atoms with Gasteiger partial charge in [0.25, 0.3) is 0 Å². The molecule has 5 aromatic rings. The first-order valence-corrected chi connectivity index (χ1v) is 11.9. The fourth-order valence-corrected chi connectivity index (χ4v) is 4.66. The SMILES string of the molecule is CCCC[n+]1ccc2c3ccc(OCc4ccccc4)cc3n(Cc3ccccc3)c2c1C. The van der Waals surface area contributed by atoms with Crippen molar-refractivity contribution in [1.29, 1.82) is 0 Å². The van der Waals surface area contributed by atoms with Crippen molar-refractivity contribution in [3.05, 3.63) is 108 Å². The molecule has 0 saturated carbocycles. The largest absolute Gasteiger partial charge is 0.489 e. The number of unbranched alkanes of at least 4 members (excludes halogenated alkanes) is 1. The number of hydrogen-bond donors (Lipinski definition) is 0. The summed E-state index contributed by atoms with van der Waals surface area (Å²) in [6.07, 6.45) is 4.63. The van der Waals surface area contributed by atoms with Crippen LogP contribution in [0.15, 0.2) is 91.1 Å². The van der Waals surface area contributed by atoms with E-state index in [0.717, 1.165) is 18.8 Å². The number of rotatable bonds is 8. The molecular formula is C30H31N2O+. The lowest BCUT2D eigenvalue weighted by Crippen LogP contribution is -2.37. The molecule has 0 aliphatic carbocycles. The molecule has 2 aromatic heterocycles. The number of aromatic nitrogens is 2. The minimum absolute atomic E-state index is 0.571. The molecule has 3 nitrogen and oxygen atoms in total. The highest BCUT2D eigenvalue weighted by atomic mass is 16.5. The molecule has 0 unspecified atom stereocenters. The smallest absolute Gasteiger partial charge is 0.202 e. The second-order valence-corrected chi connectivity index (χ2v) is 8.74. The Morgan fingerprint density at radius 2 is 1.55 bits per heavy atom. The molecule has 0 N–H and O–H groups in total. The van der Waals surface area contributed by atoms with E-state index in [-0.39, 0.29) is 0 Å². The van der Waals surface area contributed by atoms with E-state index in [1.54, 1.807) is 0 Å². The molecule has 0 radical (unpaired) electrons. The lowest BCUT2D eigenvalue weighted by Gasteiger charge is -2.11. The standard InChI is InChI=1S/C30H31N2O/c1-3-4-18-31-19-17-28-27-16-15-26(33-22-25-13-9-6-10-14-25)20-29(27)32(30(28)23(31)2)21-24-11-7-5-8-12-24/h5-17,19-20H,3-4,18,21-22H2,1-2H3/q+1. The average Bonchev–Trinajstić information content (AvgIpc) is 3.17. The summed E-state index contributed by atoms with van der Waals surface area (Å²) >= 11 is 0. The van der Waals surface area contributed by atoms with Crippen molar-refractivity contribution in [3.8, 4) is 5.75 Å². The Balaban J connectivity index is 1.62. The van der Waals surface area contributed by atoms with Crippen molar-refractivity contribution < 1.29 is 9.30 Å². The van der Waals surface area contributed by atoms with Crippen LogP contribution in [0.4, 0.5) is 0 Å². The van der Waals surface area contributed by atoms with E-state index in [4.69, 9.17) is 4.74 Å². The van der Waals surface area contributed by atoms with Crippen LogP contribution in [0, 0.1) is 6.92 Å².